The van der Waals surface area contributed by atoms with Crippen LogP contribution in [0.1, 0.15) is 23.8 Å². The molecule has 0 unspecified atom stereocenters. The van der Waals surface area contributed by atoms with Crippen LogP contribution in [-0.2, 0) is 0 Å². The monoisotopic (exact) mass is 521 g/mol. The fourth-order valence-electron chi connectivity index (χ4n) is 4.71. The predicted octanol–water partition coefficient (Wildman–Crippen LogP) is 5.55. The minimum atomic E-state index is -0.540. The number of nitrogen functional groups attached to an aromatic ring is 1. The molecule has 6 aromatic rings. The number of anilines is 1. The molecule has 0 atom stereocenters. The smallest absolute Gasteiger partial charge is 0.320 e. The zero-order valence-electron chi connectivity index (χ0n) is 20.0. The summed E-state index contributed by atoms with van der Waals surface area (Å²) in [6.07, 6.45) is 3.68. The summed E-state index contributed by atoms with van der Waals surface area (Å²) in [4.78, 5) is 9.84. The topological polar surface area (TPSA) is 104 Å². The molecule has 38 heavy (non-hydrogen) atoms. The Morgan fingerprint density at radius 2 is 1.87 bits per heavy atom. The Balaban J connectivity index is 1.43. The van der Waals surface area contributed by atoms with Crippen LogP contribution in [0.3, 0.4) is 0 Å². The van der Waals surface area contributed by atoms with Crippen LogP contribution in [0.15, 0.2) is 88.5 Å². The van der Waals surface area contributed by atoms with Crippen molar-refractivity contribution >= 4 is 49.8 Å². The third kappa shape index (κ3) is 3.88. The highest BCUT2D eigenvalue weighted by Gasteiger charge is 2.35. The first-order valence-electron chi connectivity index (χ1n) is 12.2. The molecule has 0 saturated heterocycles. The van der Waals surface area contributed by atoms with Crippen molar-refractivity contribution in [1.29, 1.82) is 0 Å². The molecule has 9 heteroatoms. The Kier molecular flexibility index (Phi) is 5.19. The molecule has 2 N–H and O–H groups in total. The molecule has 0 radical (unpaired) electrons. The highest BCUT2D eigenvalue weighted by atomic mass is 32.1. The Labute approximate surface area is 220 Å². The van der Waals surface area contributed by atoms with Crippen LogP contribution < -0.4 is 15.5 Å². The first-order valence-corrected chi connectivity index (χ1v) is 13.0. The van der Waals surface area contributed by atoms with Crippen LogP contribution in [-0.4, -0.2) is 16.2 Å². The number of hydrogen-bond acceptors (Lipinski definition) is 7. The molecule has 1 aliphatic rings. The minimum absolute atomic E-state index is 0.119. The molecule has 0 spiro atoms. The number of fused-ring (bicyclic) bond motifs is 2. The lowest BCUT2D eigenvalue weighted by Crippen LogP contribution is -2.32. The van der Waals surface area contributed by atoms with Gasteiger partial charge in [-0.15, -0.1) is 11.3 Å². The molecular weight excluding hydrogens is 501 g/mol. The summed E-state index contributed by atoms with van der Waals surface area (Å²) in [5.41, 5.74) is 9.77. The summed E-state index contributed by atoms with van der Waals surface area (Å²) in [6, 6.07) is 22.6. The van der Waals surface area contributed by atoms with Crippen LogP contribution in [0, 0.1) is 5.82 Å². The maximum absolute atomic E-state index is 14.3. The van der Waals surface area contributed by atoms with Gasteiger partial charge in [-0.2, -0.15) is 0 Å². The van der Waals surface area contributed by atoms with Gasteiger partial charge in [0.25, 0.3) is 6.20 Å². The van der Waals surface area contributed by atoms with Gasteiger partial charge in [0.1, 0.15) is 10.6 Å². The van der Waals surface area contributed by atoms with E-state index in [0.29, 0.717) is 33.1 Å². The van der Waals surface area contributed by atoms with Crippen LogP contribution in [0.25, 0.3) is 43.4 Å². The van der Waals surface area contributed by atoms with E-state index in [1.54, 1.807) is 16.9 Å². The number of nitrogens with zero attached hydrogens (tertiary/aromatic N) is 4. The average Bonchev–Trinajstić information content (AvgIpc) is 3.59. The van der Waals surface area contributed by atoms with Gasteiger partial charge in [-0.25, -0.2) is 14.4 Å². The molecular formula is C29H20FN5O2S. The van der Waals surface area contributed by atoms with Crippen molar-refractivity contribution in [2.45, 2.75) is 18.9 Å². The molecule has 1 fully saturated rings. The summed E-state index contributed by atoms with van der Waals surface area (Å²) in [5, 5.41) is 19.9. The Bertz CT molecular complexity index is 1880. The van der Waals surface area contributed by atoms with E-state index in [1.165, 1.54) is 12.1 Å². The molecule has 186 valence electrons. The Morgan fingerprint density at radius 1 is 1.05 bits per heavy atom. The Morgan fingerprint density at radius 3 is 2.71 bits per heavy atom. The lowest BCUT2D eigenvalue weighted by Gasteiger charge is -2.11. The second-order valence-electron chi connectivity index (χ2n) is 9.29. The maximum atomic E-state index is 14.3. The van der Waals surface area contributed by atoms with E-state index in [0.717, 1.165) is 40.5 Å². The number of halogens is 1. The fourth-order valence-corrected chi connectivity index (χ4v) is 5.72. The highest BCUT2D eigenvalue weighted by Crippen LogP contribution is 2.42. The van der Waals surface area contributed by atoms with Crippen molar-refractivity contribution in [3.05, 3.63) is 89.7 Å². The van der Waals surface area contributed by atoms with E-state index in [1.807, 2.05) is 54.6 Å². The van der Waals surface area contributed by atoms with E-state index in [-0.39, 0.29) is 22.3 Å². The minimum Gasteiger partial charge on any atom is -0.857 e. The molecule has 3 heterocycles. The van der Waals surface area contributed by atoms with E-state index in [2.05, 4.69) is 10.3 Å². The van der Waals surface area contributed by atoms with Gasteiger partial charge >= 0.3 is 5.88 Å². The van der Waals surface area contributed by atoms with Crippen molar-refractivity contribution in [1.82, 2.24) is 10.3 Å². The number of nitrogens with two attached hydrogens (primary N) is 1. The number of rotatable bonds is 5. The summed E-state index contributed by atoms with van der Waals surface area (Å²) in [5.74, 6) is -0.788. The number of hydrogen-bond donors (Lipinski definition) is 1. The van der Waals surface area contributed by atoms with Gasteiger partial charge in [0.2, 0.25) is 5.27 Å². The zero-order chi connectivity index (χ0) is 25.8. The largest absolute Gasteiger partial charge is 0.857 e. The van der Waals surface area contributed by atoms with Crippen molar-refractivity contribution in [3.63, 3.8) is 0 Å². The van der Waals surface area contributed by atoms with Crippen molar-refractivity contribution in [2.75, 3.05) is 5.73 Å². The Hall–Kier alpha value is -4.63. The molecule has 7 rings (SSSR count). The van der Waals surface area contributed by atoms with Crippen LogP contribution in [0.2, 0.25) is 0 Å². The molecule has 0 aliphatic heterocycles. The van der Waals surface area contributed by atoms with E-state index < -0.39 is 5.90 Å². The van der Waals surface area contributed by atoms with Crippen molar-refractivity contribution in [3.8, 4) is 22.4 Å². The fraction of sp³-hybridized carbons (Fsp3) is 0.103. The third-order valence-corrected chi connectivity index (χ3v) is 7.79. The number of aliphatic imine (C=N–C) groups is 1. The summed E-state index contributed by atoms with van der Waals surface area (Å²) >= 11 is 1.16. The van der Waals surface area contributed by atoms with Crippen molar-refractivity contribution in [2.24, 2.45) is 4.99 Å². The molecule has 3 aromatic carbocycles. The number of thiophene rings is 1. The van der Waals surface area contributed by atoms with Gasteiger partial charge in [0.15, 0.2) is 6.04 Å². The quantitative estimate of drug-likeness (QED) is 0.182. The first-order chi connectivity index (χ1) is 18.5. The molecule has 0 amide bonds. The van der Waals surface area contributed by atoms with Crippen LogP contribution >= 0.6 is 11.3 Å². The second-order valence-corrected chi connectivity index (χ2v) is 10.3. The lowest BCUT2D eigenvalue weighted by molar-refractivity contribution is -0.765. The highest BCUT2D eigenvalue weighted by molar-refractivity contribution is 7.21. The average molecular weight is 522 g/mol. The van der Waals surface area contributed by atoms with Gasteiger partial charge in [-0.05, 0) is 44.8 Å². The second kappa shape index (κ2) is 8.74. The zero-order valence-corrected chi connectivity index (χ0v) is 20.8. The third-order valence-electron chi connectivity index (χ3n) is 6.70. The molecule has 0 bridgehead atoms. The van der Waals surface area contributed by atoms with Gasteiger partial charge in [0, 0.05) is 29.7 Å². The van der Waals surface area contributed by atoms with E-state index >= 15 is 0 Å². The normalized spacial score (nSPS) is 14.0. The molecule has 1 saturated carbocycles. The molecule has 3 aromatic heterocycles. The molecule has 1 aliphatic carbocycles. The number of benzene rings is 3. The van der Waals surface area contributed by atoms with E-state index in [9.17, 15) is 9.50 Å². The predicted molar refractivity (Wildman–Crippen MR) is 144 cm³/mol. The lowest BCUT2D eigenvalue weighted by atomic mass is 9.97. The van der Waals surface area contributed by atoms with E-state index in [4.69, 9.17) is 15.2 Å². The number of aromatic nitrogens is 3. The first kappa shape index (κ1) is 22.6. The maximum Gasteiger partial charge on any atom is 0.320 e. The van der Waals surface area contributed by atoms with Crippen molar-refractivity contribution < 1.29 is 18.7 Å². The number of pyridine rings is 1. The summed E-state index contributed by atoms with van der Waals surface area (Å²) in [6.45, 7) is 0. The van der Waals surface area contributed by atoms with Gasteiger partial charge in [0.05, 0.1) is 16.3 Å². The molecule has 7 nitrogen and oxygen atoms in total. The van der Waals surface area contributed by atoms with Crippen LogP contribution in [0.4, 0.5) is 16.0 Å². The SMILES string of the molecule is Nc1c(/C([O-])=N/c2c[n+](C3CC3)no2)sc2nc(-c3cccc4ccccc34)cc(-c3cccc(F)c3)c12. The summed E-state index contributed by atoms with van der Waals surface area (Å²) in [7, 11) is 0. The van der Waals surface area contributed by atoms with Gasteiger partial charge < -0.3 is 10.8 Å². The summed E-state index contributed by atoms with van der Waals surface area (Å²) < 4.78 is 21.2. The standard InChI is InChI=1S/C29H20FN5O2S/c30-18-8-3-7-17(13-18)22-14-23(21-10-4-6-16-5-1-2-9-20(16)21)32-29-25(22)26(31)27(38-29)28(36)33-24-15-35(34-37-24)19-11-12-19/h1-10,13-15,19H,11-12H2,(H2-,31,33,34,36). The van der Waals surface area contributed by atoms with Gasteiger partial charge in [-0.3, -0.25) is 4.52 Å². The van der Waals surface area contributed by atoms with Gasteiger partial charge in [-0.1, -0.05) is 54.6 Å². The van der Waals surface area contributed by atoms with Crippen LogP contribution in [0.5, 0.6) is 0 Å².